The Morgan fingerprint density at radius 2 is 2.17 bits per heavy atom. The van der Waals surface area contributed by atoms with E-state index >= 15 is 0 Å². The van der Waals surface area contributed by atoms with Crippen LogP contribution >= 0.6 is 47.2 Å². The minimum Gasteiger partial charge on any atom is -0.370 e. The molecule has 5 nitrogen and oxygen atoms in total. The molecule has 0 spiro atoms. The van der Waals surface area contributed by atoms with Gasteiger partial charge >= 0.3 is 0 Å². The number of aliphatic imine (C=N–C) groups is 1. The van der Waals surface area contributed by atoms with Gasteiger partial charge in [0.15, 0.2) is 15.8 Å². The molecule has 24 heavy (non-hydrogen) atoms. The number of hydrogen-bond donors (Lipinski definition) is 2. The van der Waals surface area contributed by atoms with Crippen molar-refractivity contribution in [3.8, 4) is 0 Å². The molecule has 1 heterocycles. The van der Waals surface area contributed by atoms with E-state index in [1.54, 1.807) is 12.1 Å². The maximum Gasteiger partial charge on any atom is 0.189 e. The van der Waals surface area contributed by atoms with Crippen LogP contribution in [0.1, 0.15) is 31.4 Å². The predicted octanol–water partition coefficient (Wildman–Crippen LogP) is 3.40. The zero-order chi connectivity index (χ0) is 17.0. The van der Waals surface area contributed by atoms with Crippen LogP contribution in [0.4, 0.5) is 0 Å². The van der Waals surface area contributed by atoms with Gasteiger partial charge in [-0.15, -0.1) is 24.0 Å². The molecule has 0 aliphatic carbocycles. The molecule has 1 aromatic carbocycles. The van der Waals surface area contributed by atoms with Crippen molar-refractivity contribution in [1.29, 1.82) is 0 Å². The van der Waals surface area contributed by atoms with Crippen LogP contribution in [0.2, 0.25) is 10.0 Å². The first kappa shape index (κ1) is 21.8. The highest BCUT2D eigenvalue weighted by Gasteiger charge is 2.24. The lowest BCUT2D eigenvalue weighted by Crippen LogP contribution is -2.35. The van der Waals surface area contributed by atoms with Crippen LogP contribution in [0.15, 0.2) is 23.2 Å². The first-order valence-electron chi connectivity index (χ1n) is 7.48. The van der Waals surface area contributed by atoms with Crippen LogP contribution in [-0.2, 0) is 9.84 Å². The van der Waals surface area contributed by atoms with E-state index < -0.39 is 9.84 Å². The summed E-state index contributed by atoms with van der Waals surface area (Å²) in [5.41, 5.74) is 6.77. The number of benzene rings is 1. The first-order valence-corrected chi connectivity index (χ1v) is 10.1. The molecule has 1 aliphatic heterocycles. The second-order valence-electron chi connectivity index (χ2n) is 5.88. The van der Waals surface area contributed by atoms with Crippen molar-refractivity contribution in [3.63, 3.8) is 0 Å². The Balaban J connectivity index is 0.00000288. The monoisotopic (exact) mass is 505 g/mol. The molecule has 1 fully saturated rings. The molecule has 2 unspecified atom stereocenters. The number of sulfone groups is 1. The van der Waals surface area contributed by atoms with Gasteiger partial charge in [0.05, 0.1) is 17.5 Å². The van der Waals surface area contributed by atoms with Gasteiger partial charge < -0.3 is 11.1 Å². The summed E-state index contributed by atoms with van der Waals surface area (Å²) in [6, 6.07) is 5.15. The second kappa shape index (κ2) is 9.45. The van der Waals surface area contributed by atoms with Gasteiger partial charge in [0.1, 0.15) is 0 Å². The van der Waals surface area contributed by atoms with Crippen molar-refractivity contribution in [2.24, 2.45) is 16.6 Å². The Morgan fingerprint density at radius 3 is 2.79 bits per heavy atom. The first-order chi connectivity index (χ1) is 10.8. The molecule has 0 radical (unpaired) electrons. The smallest absolute Gasteiger partial charge is 0.189 e. The van der Waals surface area contributed by atoms with Gasteiger partial charge in [-0.05, 0) is 43.4 Å². The van der Waals surface area contributed by atoms with Gasteiger partial charge in [0.25, 0.3) is 0 Å². The molecule has 1 saturated heterocycles. The van der Waals surface area contributed by atoms with Crippen molar-refractivity contribution >= 4 is 63.0 Å². The summed E-state index contributed by atoms with van der Waals surface area (Å²) >= 11 is 12.1. The third-order valence-electron chi connectivity index (χ3n) is 3.87. The minimum atomic E-state index is -2.92. The fraction of sp³-hybridized carbons (Fsp3) is 0.533. The average molecular weight is 506 g/mol. The summed E-state index contributed by atoms with van der Waals surface area (Å²) in [6.07, 6.45) is 1.57. The van der Waals surface area contributed by atoms with Gasteiger partial charge in [-0.25, -0.2) is 8.42 Å². The summed E-state index contributed by atoms with van der Waals surface area (Å²) in [5.74, 6) is 0.810. The van der Waals surface area contributed by atoms with Crippen molar-refractivity contribution in [2.75, 3.05) is 18.1 Å². The van der Waals surface area contributed by atoms with Crippen LogP contribution in [0.3, 0.4) is 0 Å². The van der Waals surface area contributed by atoms with Crippen molar-refractivity contribution in [2.45, 2.75) is 25.8 Å². The van der Waals surface area contributed by atoms with Gasteiger partial charge in [0.2, 0.25) is 0 Å². The van der Waals surface area contributed by atoms with Gasteiger partial charge in [-0.1, -0.05) is 29.3 Å². The normalized spacial score (nSPS) is 21.6. The molecule has 136 valence electrons. The van der Waals surface area contributed by atoms with Crippen LogP contribution in [0, 0.1) is 5.92 Å². The molecule has 0 saturated carbocycles. The molecule has 1 aliphatic rings. The Hall–Kier alpha value is -0.250. The molecular weight excluding hydrogens is 484 g/mol. The van der Waals surface area contributed by atoms with Crippen molar-refractivity contribution in [3.05, 3.63) is 33.8 Å². The summed E-state index contributed by atoms with van der Waals surface area (Å²) in [5, 5.41) is 4.20. The molecule has 0 aromatic heterocycles. The van der Waals surface area contributed by atoms with E-state index in [1.165, 1.54) is 0 Å². The SMILES string of the molecule is CC(NC(N)=NCC1CCCS(=O)(=O)C1)c1ccc(Cl)cc1Cl.I. The highest BCUT2D eigenvalue weighted by Crippen LogP contribution is 2.26. The Kier molecular flexibility index (Phi) is 8.58. The van der Waals surface area contributed by atoms with E-state index in [1.807, 2.05) is 13.0 Å². The number of guanidine groups is 1. The van der Waals surface area contributed by atoms with Crippen LogP contribution in [-0.4, -0.2) is 32.4 Å². The van der Waals surface area contributed by atoms with Gasteiger partial charge in [-0.2, -0.15) is 0 Å². The van der Waals surface area contributed by atoms with Crippen molar-refractivity contribution in [1.82, 2.24) is 5.32 Å². The van der Waals surface area contributed by atoms with Crippen LogP contribution in [0.5, 0.6) is 0 Å². The van der Waals surface area contributed by atoms with Crippen LogP contribution < -0.4 is 11.1 Å². The third kappa shape index (κ3) is 6.57. The summed E-state index contributed by atoms with van der Waals surface area (Å²) in [4.78, 5) is 4.28. The quantitative estimate of drug-likeness (QED) is 0.373. The van der Waals surface area contributed by atoms with Gasteiger partial charge in [-0.3, -0.25) is 4.99 Å². The summed E-state index contributed by atoms with van der Waals surface area (Å²) < 4.78 is 23.2. The second-order valence-corrected chi connectivity index (χ2v) is 8.95. The number of rotatable bonds is 4. The number of halogens is 3. The largest absolute Gasteiger partial charge is 0.370 e. The Morgan fingerprint density at radius 1 is 1.46 bits per heavy atom. The molecule has 2 rings (SSSR count). The zero-order valence-electron chi connectivity index (χ0n) is 13.3. The third-order valence-corrected chi connectivity index (χ3v) is 6.32. The number of nitrogens with zero attached hydrogens (tertiary/aromatic N) is 1. The molecule has 2 atom stereocenters. The van der Waals surface area contributed by atoms with E-state index in [2.05, 4.69) is 10.3 Å². The van der Waals surface area contributed by atoms with E-state index in [4.69, 9.17) is 28.9 Å². The lowest BCUT2D eigenvalue weighted by Gasteiger charge is -2.21. The molecule has 0 amide bonds. The molecular formula is C15H22Cl2IN3O2S. The van der Waals surface area contributed by atoms with Gasteiger partial charge in [0, 0.05) is 16.6 Å². The van der Waals surface area contributed by atoms with E-state index in [0.717, 1.165) is 12.0 Å². The average Bonchev–Trinajstić information content (AvgIpc) is 2.44. The fourth-order valence-electron chi connectivity index (χ4n) is 2.69. The molecule has 1 aromatic rings. The lowest BCUT2D eigenvalue weighted by molar-refractivity contribution is 0.493. The number of nitrogens with two attached hydrogens (primary N) is 1. The maximum absolute atomic E-state index is 11.6. The summed E-state index contributed by atoms with van der Waals surface area (Å²) in [6.45, 7) is 2.34. The lowest BCUT2D eigenvalue weighted by atomic mass is 10.1. The van der Waals surface area contributed by atoms with Crippen LogP contribution in [0.25, 0.3) is 0 Å². The highest BCUT2D eigenvalue weighted by atomic mass is 127. The topological polar surface area (TPSA) is 84.5 Å². The maximum atomic E-state index is 11.6. The highest BCUT2D eigenvalue weighted by molar-refractivity contribution is 14.0. The van der Waals surface area contributed by atoms with E-state index in [0.29, 0.717) is 23.0 Å². The predicted molar refractivity (Wildman–Crippen MR) is 111 cm³/mol. The number of hydrogen-bond acceptors (Lipinski definition) is 3. The Labute approximate surface area is 170 Å². The van der Waals surface area contributed by atoms with Crippen molar-refractivity contribution < 1.29 is 8.42 Å². The Bertz CT molecular complexity index is 698. The fourth-order valence-corrected chi connectivity index (χ4v) is 5.02. The molecule has 0 bridgehead atoms. The number of nitrogens with one attached hydrogen (secondary N) is 1. The standard InChI is InChI=1S/C15H21Cl2N3O2S.HI/c1-10(13-5-4-12(16)7-14(13)17)20-15(18)19-8-11-3-2-6-23(21,22)9-11;/h4-5,7,10-11H,2-3,6,8-9H2,1H3,(H3,18,19,20);1H. The molecule has 9 heteroatoms. The van der Waals surface area contributed by atoms with E-state index in [-0.39, 0.29) is 53.4 Å². The summed E-state index contributed by atoms with van der Waals surface area (Å²) in [7, 11) is -2.92. The minimum absolute atomic E-state index is 0. The molecule has 3 N–H and O–H groups in total. The van der Waals surface area contributed by atoms with E-state index in [9.17, 15) is 8.42 Å². The zero-order valence-corrected chi connectivity index (χ0v) is 18.0.